The maximum atomic E-state index is 12.0. The predicted molar refractivity (Wildman–Crippen MR) is 78.6 cm³/mol. The standard InChI is InChI=1S/C15H18ClNO4/c1-21-13-4-2-10(6-12(13)16)3-5-14(18)17-8-11(9-17)7-15(19)20/h2,4,6,11H,3,5,7-9H2,1H3,(H,19,20). The molecule has 114 valence electrons. The van der Waals surface area contributed by atoms with Gasteiger partial charge in [0, 0.05) is 25.4 Å². The minimum Gasteiger partial charge on any atom is -0.495 e. The van der Waals surface area contributed by atoms with Gasteiger partial charge in [0.05, 0.1) is 18.6 Å². The van der Waals surface area contributed by atoms with E-state index in [-0.39, 0.29) is 18.2 Å². The van der Waals surface area contributed by atoms with E-state index in [0.29, 0.717) is 36.7 Å². The molecule has 0 spiro atoms. The predicted octanol–water partition coefficient (Wildman–Crippen LogP) is 2.21. The maximum Gasteiger partial charge on any atom is 0.303 e. The van der Waals surface area contributed by atoms with Crippen molar-refractivity contribution >= 4 is 23.5 Å². The molecule has 1 saturated heterocycles. The molecular formula is C15H18ClNO4. The molecule has 0 bridgehead atoms. The van der Waals surface area contributed by atoms with Crippen LogP contribution in [0.15, 0.2) is 18.2 Å². The second kappa shape index (κ2) is 6.80. The van der Waals surface area contributed by atoms with E-state index in [0.717, 1.165) is 5.56 Å². The molecule has 0 aliphatic carbocycles. The first kappa shape index (κ1) is 15.6. The van der Waals surface area contributed by atoms with Crippen molar-refractivity contribution < 1.29 is 19.4 Å². The Hall–Kier alpha value is -1.75. The molecule has 1 amide bonds. The van der Waals surface area contributed by atoms with Crippen LogP contribution in [0.3, 0.4) is 0 Å². The van der Waals surface area contributed by atoms with E-state index >= 15 is 0 Å². The quantitative estimate of drug-likeness (QED) is 0.874. The lowest BCUT2D eigenvalue weighted by Crippen LogP contribution is -2.50. The molecule has 1 aliphatic rings. The summed E-state index contributed by atoms with van der Waals surface area (Å²) in [5.74, 6) is -0.0311. The Morgan fingerprint density at radius 1 is 1.43 bits per heavy atom. The zero-order valence-electron chi connectivity index (χ0n) is 11.8. The topological polar surface area (TPSA) is 66.8 Å². The minimum absolute atomic E-state index is 0.0589. The van der Waals surface area contributed by atoms with E-state index in [1.807, 2.05) is 6.07 Å². The van der Waals surface area contributed by atoms with Crippen LogP contribution in [-0.2, 0) is 16.0 Å². The number of likely N-dealkylation sites (tertiary alicyclic amines) is 1. The summed E-state index contributed by atoms with van der Waals surface area (Å²) in [4.78, 5) is 24.2. The summed E-state index contributed by atoms with van der Waals surface area (Å²) in [5.41, 5.74) is 0.983. The monoisotopic (exact) mass is 311 g/mol. The van der Waals surface area contributed by atoms with Gasteiger partial charge in [-0.25, -0.2) is 0 Å². The Labute approximate surface area is 128 Å². The first-order valence-electron chi connectivity index (χ1n) is 6.81. The van der Waals surface area contributed by atoms with E-state index in [4.69, 9.17) is 21.4 Å². The molecule has 21 heavy (non-hydrogen) atoms. The summed E-state index contributed by atoms with van der Waals surface area (Å²) in [6.07, 6.45) is 1.16. The molecule has 1 aliphatic heterocycles. The SMILES string of the molecule is COc1ccc(CCC(=O)N2CC(CC(=O)O)C2)cc1Cl. The van der Waals surface area contributed by atoms with Crippen LogP contribution < -0.4 is 4.74 Å². The van der Waals surface area contributed by atoms with Crippen molar-refractivity contribution in [2.45, 2.75) is 19.3 Å². The molecule has 0 saturated carbocycles. The van der Waals surface area contributed by atoms with E-state index < -0.39 is 5.97 Å². The highest BCUT2D eigenvalue weighted by Crippen LogP contribution is 2.26. The lowest BCUT2D eigenvalue weighted by molar-refractivity contribution is -0.145. The maximum absolute atomic E-state index is 12.0. The van der Waals surface area contributed by atoms with E-state index in [1.165, 1.54) is 0 Å². The third kappa shape index (κ3) is 4.11. The van der Waals surface area contributed by atoms with Gasteiger partial charge in [-0.15, -0.1) is 0 Å². The van der Waals surface area contributed by atoms with Crippen LogP contribution in [0.4, 0.5) is 0 Å². The van der Waals surface area contributed by atoms with Crippen molar-refractivity contribution in [3.63, 3.8) is 0 Å². The summed E-state index contributed by atoms with van der Waals surface area (Å²) in [5, 5.41) is 9.20. The van der Waals surface area contributed by atoms with Gasteiger partial charge in [0.25, 0.3) is 0 Å². The summed E-state index contributed by atoms with van der Waals surface area (Å²) < 4.78 is 5.08. The fourth-order valence-electron chi connectivity index (χ4n) is 2.42. The molecule has 1 fully saturated rings. The highest BCUT2D eigenvalue weighted by Gasteiger charge is 2.31. The Balaban J connectivity index is 1.77. The average Bonchev–Trinajstić information content (AvgIpc) is 2.39. The zero-order valence-corrected chi connectivity index (χ0v) is 12.6. The van der Waals surface area contributed by atoms with Crippen LogP contribution in [-0.4, -0.2) is 42.1 Å². The number of benzene rings is 1. The number of hydrogen-bond acceptors (Lipinski definition) is 3. The molecule has 0 aromatic heterocycles. The number of aliphatic carboxylic acids is 1. The fraction of sp³-hybridized carbons (Fsp3) is 0.467. The number of nitrogens with zero attached hydrogens (tertiary/aromatic N) is 1. The molecule has 5 nitrogen and oxygen atoms in total. The Morgan fingerprint density at radius 3 is 2.71 bits per heavy atom. The van der Waals surface area contributed by atoms with E-state index in [1.54, 1.807) is 24.1 Å². The lowest BCUT2D eigenvalue weighted by Gasteiger charge is -2.38. The van der Waals surface area contributed by atoms with E-state index in [9.17, 15) is 9.59 Å². The van der Waals surface area contributed by atoms with Crippen molar-refractivity contribution in [1.82, 2.24) is 4.90 Å². The molecule has 0 radical (unpaired) electrons. The molecule has 2 rings (SSSR count). The fourth-order valence-corrected chi connectivity index (χ4v) is 2.70. The third-order valence-corrected chi connectivity index (χ3v) is 3.91. The highest BCUT2D eigenvalue weighted by atomic mass is 35.5. The number of carboxylic acids is 1. The Morgan fingerprint density at radius 2 is 2.14 bits per heavy atom. The zero-order chi connectivity index (χ0) is 15.4. The van der Waals surface area contributed by atoms with Crippen LogP contribution >= 0.6 is 11.6 Å². The number of amides is 1. The van der Waals surface area contributed by atoms with Crippen molar-refractivity contribution in [1.29, 1.82) is 0 Å². The minimum atomic E-state index is -0.806. The number of carboxylic acid groups (broad SMARTS) is 1. The molecular weight excluding hydrogens is 294 g/mol. The van der Waals surface area contributed by atoms with Gasteiger partial charge in [0.1, 0.15) is 5.75 Å². The number of ether oxygens (including phenoxy) is 1. The molecule has 1 aromatic rings. The first-order chi connectivity index (χ1) is 9.99. The molecule has 0 atom stereocenters. The number of carbonyl (C=O) groups excluding carboxylic acids is 1. The normalized spacial score (nSPS) is 14.7. The molecule has 1 aromatic carbocycles. The van der Waals surface area contributed by atoms with Gasteiger partial charge in [0.2, 0.25) is 5.91 Å². The van der Waals surface area contributed by atoms with Crippen molar-refractivity contribution in [3.8, 4) is 5.75 Å². The van der Waals surface area contributed by atoms with Crippen molar-refractivity contribution in [3.05, 3.63) is 28.8 Å². The summed E-state index contributed by atoms with van der Waals surface area (Å²) >= 11 is 6.04. The van der Waals surface area contributed by atoms with Crippen LogP contribution in [0.1, 0.15) is 18.4 Å². The molecule has 6 heteroatoms. The van der Waals surface area contributed by atoms with E-state index in [2.05, 4.69) is 0 Å². The number of aryl methyl sites for hydroxylation is 1. The van der Waals surface area contributed by atoms with Gasteiger partial charge in [0.15, 0.2) is 0 Å². The van der Waals surface area contributed by atoms with Crippen LogP contribution in [0.25, 0.3) is 0 Å². The molecule has 1 N–H and O–H groups in total. The van der Waals surface area contributed by atoms with Crippen LogP contribution in [0.5, 0.6) is 5.75 Å². The highest BCUT2D eigenvalue weighted by molar-refractivity contribution is 6.32. The molecule has 0 unspecified atom stereocenters. The first-order valence-corrected chi connectivity index (χ1v) is 7.19. The van der Waals surface area contributed by atoms with Gasteiger partial charge in [-0.1, -0.05) is 17.7 Å². The van der Waals surface area contributed by atoms with Gasteiger partial charge in [-0.2, -0.15) is 0 Å². The van der Waals surface area contributed by atoms with Crippen LogP contribution in [0, 0.1) is 5.92 Å². The second-order valence-corrected chi connectivity index (χ2v) is 5.64. The summed E-state index contributed by atoms with van der Waals surface area (Å²) in [6.45, 7) is 1.10. The number of halogens is 1. The summed E-state index contributed by atoms with van der Waals surface area (Å²) in [6, 6.07) is 5.48. The van der Waals surface area contributed by atoms with Gasteiger partial charge in [-0.05, 0) is 24.1 Å². The molecule has 1 heterocycles. The number of methoxy groups -OCH3 is 1. The second-order valence-electron chi connectivity index (χ2n) is 5.23. The number of hydrogen-bond donors (Lipinski definition) is 1. The third-order valence-electron chi connectivity index (χ3n) is 3.62. The Kier molecular flexibility index (Phi) is 5.07. The average molecular weight is 312 g/mol. The van der Waals surface area contributed by atoms with Gasteiger partial charge in [-0.3, -0.25) is 9.59 Å². The smallest absolute Gasteiger partial charge is 0.303 e. The van der Waals surface area contributed by atoms with Crippen molar-refractivity contribution in [2.75, 3.05) is 20.2 Å². The van der Waals surface area contributed by atoms with Gasteiger partial charge < -0.3 is 14.7 Å². The number of rotatable bonds is 6. The largest absolute Gasteiger partial charge is 0.495 e. The van der Waals surface area contributed by atoms with Crippen molar-refractivity contribution in [2.24, 2.45) is 5.92 Å². The van der Waals surface area contributed by atoms with Gasteiger partial charge >= 0.3 is 5.97 Å². The lowest BCUT2D eigenvalue weighted by atomic mass is 9.95. The van der Waals surface area contributed by atoms with Crippen LogP contribution in [0.2, 0.25) is 5.02 Å². The number of carbonyl (C=O) groups is 2. The Bertz CT molecular complexity index is 540. The summed E-state index contributed by atoms with van der Waals surface area (Å²) in [7, 11) is 1.56.